The Morgan fingerprint density at radius 2 is 1.61 bits per heavy atom. The van der Waals surface area contributed by atoms with Gasteiger partial charge in [-0.05, 0) is 54.6 Å². The molecule has 6 heteroatoms. The van der Waals surface area contributed by atoms with Gasteiger partial charge in [0.25, 0.3) is 5.89 Å². The topological polar surface area (TPSA) is 57.4 Å². The summed E-state index contributed by atoms with van der Waals surface area (Å²) in [5.74, 6) is 1.99. The molecule has 0 aliphatic rings. The zero-order chi connectivity index (χ0) is 19.3. The third-order valence-electron chi connectivity index (χ3n) is 4.22. The zero-order valence-electron chi connectivity index (χ0n) is 15.1. The van der Waals surface area contributed by atoms with Crippen LogP contribution in [0.5, 0.6) is 11.5 Å². The van der Waals surface area contributed by atoms with Crippen LogP contribution in [0.2, 0.25) is 0 Å². The largest absolute Gasteiger partial charge is 0.496 e. The molecule has 0 radical (unpaired) electrons. The fourth-order valence-corrected chi connectivity index (χ4v) is 2.73. The van der Waals surface area contributed by atoms with Crippen molar-refractivity contribution in [2.24, 2.45) is 0 Å². The van der Waals surface area contributed by atoms with Crippen LogP contribution in [0, 0.1) is 5.82 Å². The van der Waals surface area contributed by atoms with Gasteiger partial charge in [0.2, 0.25) is 5.82 Å². The highest BCUT2D eigenvalue weighted by Crippen LogP contribution is 2.25. The van der Waals surface area contributed by atoms with Gasteiger partial charge in [0.05, 0.1) is 7.11 Å². The van der Waals surface area contributed by atoms with Crippen LogP contribution < -0.4 is 9.47 Å². The van der Waals surface area contributed by atoms with Crippen LogP contribution in [0.25, 0.3) is 22.8 Å². The summed E-state index contributed by atoms with van der Waals surface area (Å²) in [7, 11) is 1.64. The molecule has 0 aliphatic heterocycles. The van der Waals surface area contributed by atoms with E-state index in [1.165, 1.54) is 12.1 Å². The third-order valence-corrected chi connectivity index (χ3v) is 4.22. The molecule has 0 aliphatic carbocycles. The highest BCUT2D eigenvalue weighted by molar-refractivity contribution is 5.60. The standard InChI is InChI=1S/C22H17FN2O3/c1-26-20-5-3-2-4-17(20)14-27-19-12-8-15(9-13-19)21-24-22(28-25-21)16-6-10-18(23)11-7-16/h2-13H,14H2,1H3. The van der Waals surface area contributed by atoms with E-state index in [1.807, 2.05) is 48.5 Å². The smallest absolute Gasteiger partial charge is 0.258 e. The Balaban J connectivity index is 1.45. The van der Waals surface area contributed by atoms with Crippen LogP contribution >= 0.6 is 0 Å². The van der Waals surface area contributed by atoms with Gasteiger partial charge in [-0.25, -0.2) is 4.39 Å². The summed E-state index contributed by atoms with van der Waals surface area (Å²) < 4.78 is 29.5. The Labute approximate surface area is 161 Å². The van der Waals surface area contributed by atoms with Crippen molar-refractivity contribution in [1.82, 2.24) is 10.1 Å². The Morgan fingerprint density at radius 1 is 0.893 bits per heavy atom. The summed E-state index contributed by atoms with van der Waals surface area (Å²) in [6.07, 6.45) is 0. The highest BCUT2D eigenvalue weighted by Gasteiger charge is 2.11. The molecule has 28 heavy (non-hydrogen) atoms. The van der Waals surface area contributed by atoms with Crippen LogP contribution in [0.4, 0.5) is 4.39 Å². The predicted molar refractivity (Wildman–Crippen MR) is 102 cm³/mol. The van der Waals surface area contributed by atoms with Crippen LogP contribution in [-0.4, -0.2) is 17.3 Å². The minimum atomic E-state index is -0.313. The average Bonchev–Trinajstić information content (AvgIpc) is 3.23. The highest BCUT2D eigenvalue weighted by atomic mass is 19.1. The zero-order valence-corrected chi connectivity index (χ0v) is 15.1. The molecule has 0 fully saturated rings. The van der Waals surface area contributed by atoms with Gasteiger partial charge >= 0.3 is 0 Å². The average molecular weight is 376 g/mol. The van der Waals surface area contributed by atoms with E-state index in [-0.39, 0.29) is 5.82 Å². The second-order valence-electron chi connectivity index (χ2n) is 6.05. The first-order valence-electron chi connectivity index (χ1n) is 8.68. The maximum Gasteiger partial charge on any atom is 0.258 e. The van der Waals surface area contributed by atoms with Crippen molar-refractivity contribution in [2.75, 3.05) is 7.11 Å². The fraction of sp³-hybridized carbons (Fsp3) is 0.0909. The number of hydrogen-bond acceptors (Lipinski definition) is 5. The molecule has 140 valence electrons. The van der Waals surface area contributed by atoms with Crippen LogP contribution in [0.15, 0.2) is 77.3 Å². The summed E-state index contributed by atoms with van der Waals surface area (Å²) in [6, 6.07) is 21.0. The number of hydrogen-bond donors (Lipinski definition) is 0. The quantitative estimate of drug-likeness (QED) is 0.467. The first-order valence-corrected chi connectivity index (χ1v) is 8.68. The van der Waals surface area contributed by atoms with Crippen molar-refractivity contribution in [3.8, 4) is 34.3 Å². The summed E-state index contributed by atoms with van der Waals surface area (Å²) in [6.45, 7) is 0.403. The predicted octanol–water partition coefficient (Wildman–Crippen LogP) is 5.13. The van der Waals surface area contributed by atoms with Crippen molar-refractivity contribution in [3.63, 3.8) is 0 Å². The van der Waals surface area contributed by atoms with Gasteiger partial charge in [-0.3, -0.25) is 0 Å². The molecule has 0 atom stereocenters. The molecule has 3 aromatic carbocycles. The van der Waals surface area contributed by atoms with Gasteiger partial charge < -0.3 is 14.0 Å². The lowest BCUT2D eigenvalue weighted by molar-refractivity contribution is 0.296. The molecular formula is C22H17FN2O3. The number of nitrogens with zero attached hydrogens (tertiary/aromatic N) is 2. The van der Waals surface area contributed by atoms with Crippen molar-refractivity contribution >= 4 is 0 Å². The molecule has 4 aromatic rings. The first-order chi connectivity index (χ1) is 13.7. The van der Waals surface area contributed by atoms with Crippen LogP contribution in [0.3, 0.4) is 0 Å². The second kappa shape index (κ2) is 7.92. The van der Waals surface area contributed by atoms with Gasteiger partial charge in [-0.2, -0.15) is 4.98 Å². The number of benzene rings is 3. The molecule has 0 spiro atoms. The number of ether oxygens (including phenoxy) is 2. The summed E-state index contributed by atoms with van der Waals surface area (Å²) in [5.41, 5.74) is 2.43. The number of halogens is 1. The first kappa shape index (κ1) is 17.7. The van der Waals surface area contributed by atoms with Gasteiger partial charge in [0.1, 0.15) is 23.9 Å². The third kappa shape index (κ3) is 3.86. The number of para-hydroxylation sites is 1. The number of methoxy groups -OCH3 is 1. The normalized spacial score (nSPS) is 10.6. The molecule has 0 saturated heterocycles. The van der Waals surface area contributed by atoms with Crippen LogP contribution in [-0.2, 0) is 6.61 Å². The Morgan fingerprint density at radius 3 is 2.36 bits per heavy atom. The lowest BCUT2D eigenvalue weighted by Crippen LogP contribution is -1.98. The maximum absolute atomic E-state index is 13.0. The summed E-state index contributed by atoms with van der Waals surface area (Å²) in [4.78, 5) is 4.37. The molecular weight excluding hydrogens is 359 g/mol. The molecule has 5 nitrogen and oxygen atoms in total. The molecule has 1 heterocycles. The number of aromatic nitrogens is 2. The van der Waals surface area contributed by atoms with E-state index in [0.29, 0.717) is 23.9 Å². The Kier molecular flexibility index (Phi) is 5.01. The van der Waals surface area contributed by atoms with Crippen molar-refractivity contribution < 1.29 is 18.4 Å². The van der Waals surface area contributed by atoms with E-state index in [2.05, 4.69) is 10.1 Å². The maximum atomic E-state index is 13.0. The molecule has 0 unspecified atom stereocenters. The monoisotopic (exact) mass is 376 g/mol. The van der Waals surface area contributed by atoms with Crippen LogP contribution in [0.1, 0.15) is 5.56 Å². The summed E-state index contributed by atoms with van der Waals surface area (Å²) in [5, 5.41) is 3.99. The van der Waals surface area contributed by atoms with Crippen molar-refractivity contribution in [2.45, 2.75) is 6.61 Å². The van der Waals surface area contributed by atoms with E-state index < -0.39 is 0 Å². The van der Waals surface area contributed by atoms with E-state index in [0.717, 1.165) is 22.6 Å². The molecule has 0 N–H and O–H groups in total. The summed E-state index contributed by atoms with van der Waals surface area (Å²) >= 11 is 0. The molecule has 4 rings (SSSR count). The number of rotatable bonds is 6. The van der Waals surface area contributed by atoms with Gasteiger partial charge in [0, 0.05) is 16.7 Å². The lowest BCUT2D eigenvalue weighted by Gasteiger charge is -2.10. The fourth-order valence-electron chi connectivity index (χ4n) is 2.73. The Bertz CT molecular complexity index is 1060. The molecule has 0 saturated carbocycles. The SMILES string of the molecule is COc1ccccc1COc1ccc(-c2noc(-c3ccc(F)cc3)n2)cc1. The van der Waals surface area contributed by atoms with Crippen molar-refractivity contribution in [1.29, 1.82) is 0 Å². The van der Waals surface area contributed by atoms with E-state index in [1.54, 1.807) is 19.2 Å². The minimum absolute atomic E-state index is 0.313. The molecule has 0 amide bonds. The second-order valence-corrected chi connectivity index (χ2v) is 6.05. The minimum Gasteiger partial charge on any atom is -0.496 e. The van der Waals surface area contributed by atoms with Crippen molar-refractivity contribution in [3.05, 3.63) is 84.2 Å². The Hall–Kier alpha value is -3.67. The molecule has 1 aromatic heterocycles. The van der Waals surface area contributed by atoms with E-state index in [4.69, 9.17) is 14.0 Å². The van der Waals surface area contributed by atoms with Gasteiger partial charge in [-0.15, -0.1) is 0 Å². The van der Waals surface area contributed by atoms with Gasteiger partial charge in [-0.1, -0.05) is 23.4 Å². The van der Waals surface area contributed by atoms with E-state index in [9.17, 15) is 4.39 Å². The van der Waals surface area contributed by atoms with Gasteiger partial charge in [0.15, 0.2) is 0 Å². The molecule has 0 bridgehead atoms. The van der Waals surface area contributed by atoms with E-state index >= 15 is 0 Å². The lowest BCUT2D eigenvalue weighted by atomic mass is 10.2.